The predicted octanol–water partition coefficient (Wildman–Crippen LogP) is 4.40. The molecule has 4 rings (SSSR count). The number of nitrogens with zero attached hydrogens (tertiary/aromatic N) is 3. The Balaban J connectivity index is 1.43. The molecule has 1 unspecified atom stereocenters. The summed E-state index contributed by atoms with van der Waals surface area (Å²) in [5.74, 6) is 2.01. The summed E-state index contributed by atoms with van der Waals surface area (Å²) in [6.45, 7) is 7.35. The van der Waals surface area contributed by atoms with Gasteiger partial charge in [-0.1, -0.05) is 19.8 Å². The van der Waals surface area contributed by atoms with Crippen molar-refractivity contribution in [3.8, 4) is 0 Å². The second-order valence-corrected chi connectivity index (χ2v) is 12.9. The predicted molar refractivity (Wildman–Crippen MR) is 154 cm³/mol. The van der Waals surface area contributed by atoms with E-state index in [0.717, 1.165) is 50.6 Å². The number of rotatable bonds is 5. The second-order valence-electron chi connectivity index (χ2n) is 10.5. The molecule has 1 atom stereocenters. The Labute approximate surface area is 229 Å². The van der Waals surface area contributed by atoms with E-state index in [1.165, 1.54) is 17.7 Å². The Kier molecular flexibility index (Phi) is 8.25. The molecule has 196 valence electrons. The van der Waals surface area contributed by atoms with E-state index in [-0.39, 0.29) is 5.91 Å². The van der Waals surface area contributed by atoms with Crippen molar-refractivity contribution in [2.24, 2.45) is 22.6 Å². The first kappa shape index (κ1) is 27.3. The average Bonchev–Trinajstić information content (AvgIpc) is 3.14. The third-order valence-corrected chi connectivity index (χ3v) is 10.5. The summed E-state index contributed by atoms with van der Waals surface area (Å²) in [7, 11) is 0.320. The summed E-state index contributed by atoms with van der Waals surface area (Å²) in [4.78, 5) is 30.8. The SMILES string of the molecule is Cc1cc(N(C)C(N)=O)cc(C)c1/C(I)=C/S(=O)N1CCC2(CC1)N=C(C1CCC(C)CC1)NC2=O. The number of anilines is 1. The molecule has 2 heterocycles. The Morgan fingerprint density at radius 1 is 1.22 bits per heavy atom. The maximum Gasteiger partial charge on any atom is 0.318 e. The molecular weight excluding hydrogens is 589 g/mol. The Hall–Kier alpha value is -1.79. The van der Waals surface area contributed by atoms with E-state index in [0.29, 0.717) is 31.8 Å². The Bertz CT molecular complexity index is 1110. The number of halogens is 1. The minimum atomic E-state index is -1.32. The van der Waals surface area contributed by atoms with Crippen LogP contribution in [0, 0.1) is 25.7 Å². The molecule has 1 aromatic carbocycles. The average molecular weight is 626 g/mol. The van der Waals surface area contributed by atoms with Crippen LogP contribution in [0.1, 0.15) is 62.1 Å². The van der Waals surface area contributed by atoms with Crippen LogP contribution in [-0.4, -0.2) is 52.0 Å². The number of hydrogen-bond donors (Lipinski definition) is 2. The van der Waals surface area contributed by atoms with E-state index in [4.69, 9.17) is 10.7 Å². The van der Waals surface area contributed by atoms with Crippen LogP contribution in [0.2, 0.25) is 0 Å². The van der Waals surface area contributed by atoms with Crippen molar-refractivity contribution < 1.29 is 13.8 Å². The molecule has 0 bridgehead atoms. The van der Waals surface area contributed by atoms with Gasteiger partial charge in [0.15, 0.2) is 0 Å². The van der Waals surface area contributed by atoms with Crippen molar-refractivity contribution in [3.63, 3.8) is 0 Å². The number of benzene rings is 1. The molecule has 0 radical (unpaired) electrons. The second kappa shape index (κ2) is 10.9. The summed E-state index contributed by atoms with van der Waals surface area (Å²) in [6.07, 6.45) is 5.71. The van der Waals surface area contributed by atoms with Crippen molar-refractivity contribution in [2.75, 3.05) is 25.0 Å². The van der Waals surface area contributed by atoms with Crippen LogP contribution in [0.3, 0.4) is 0 Å². The molecule has 3 N–H and O–H groups in total. The molecule has 1 aliphatic carbocycles. The van der Waals surface area contributed by atoms with Crippen molar-refractivity contribution >= 4 is 60.6 Å². The smallest absolute Gasteiger partial charge is 0.318 e. The van der Waals surface area contributed by atoms with Crippen LogP contribution < -0.4 is 16.0 Å². The molecule has 3 aliphatic rings. The number of amides is 3. The van der Waals surface area contributed by atoms with Crippen LogP contribution in [0.4, 0.5) is 10.5 Å². The lowest BCUT2D eigenvalue weighted by molar-refractivity contribution is -0.124. The van der Waals surface area contributed by atoms with Gasteiger partial charge in [-0.2, -0.15) is 0 Å². The van der Waals surface area contributed by atoms with Gasteiger partial charge in [-0.3, -0.25) is 14.7 Å². The third kappa shape index (κ3) is 5.55. The number of carbonyl (C=O) groups excluding carboxylic acids is 2. The number of nitrogens with two attached hydrogens (primary N) is 1. The number of primary amides is 1. The zero-order valence-electron chi connectivity index (χ0n) is 21.5. The largest absolute Gasteiger partial charge is 0.351 e. The molecule has 0 aromatic heterocycles. The summed E-state index contributed by atoms with van der Waals surface area (Å²) in [6, 6.07) is 3.31. The van der Waals surface area contributed by atoms with Gasteiger partial charge >= 0.3 is 6.03 Å². The van der Waals surface area contributed by atoms with Gasteiger partial charge in [0, 0.05) is 40.7 Å². The molecule has 1 spiro atoms. The zero-order valence-corrected chi connectivity index (χ0v) is 24.4. The third-order valence-electron chi connectivity index (χ3n) is 7.88. The van der Waals surface area contributed by atoms with Crippen LogP contribution in [0.5, 0.6) is 0 Å². The standard InChI is InChI=1S/C26H36IN5O3S/c1-16-5-7-19(8-6-16)23-29-24(33)26(30-23)9-11-32(12-10-26)36(35)15-21(27)22-17(2)13-20(14-18(22)3)31(4)25(28)34/h13-16,19H,5-12H2,1-4H3,(H2,28,34)(H,29,30,33)/b21-15-. The summed E-state index contributed by atoms with van der Waals surface area (Å²) in [5, 5.41) is 4.88. The molecule has 1 aromatic rings. The zero-order chi connectivity index (χ0) is 26.2. The maximum absolute atomic E-state index is 13.2. The monoisotopic (exact) mass is 625 g/mol. The highest BCUT2D eigenvalue weighted by Crippen LogP contribution is 2.37. The lowest BCUT2D eigenvalue weighted by Gasteiger charge is -2.34. The lowest BCUT2D eigenvalue weighted by Crippen LogP contribution is -2.49. The first-order valence-corrected chi connectivity index (χ1v) is 14.8. The molecule has 2 fully saturated rings. The highest BCUT2D eigenvalue weighted by Gasteiger charge is 2.47. The molecule has 36 heavy (non-hydrogen) atoms. The fourth-order valence-corrected chi connectivity index (χ4v) is 7.99. The highest BCUT2D eigenvalue weighted by molar-refractivity contribution is 14.1. The molecule has 1 saturated heterocycles. The normalized spacial score (nSPS) is 25.4. The molecule has 1 saturated carbocycles. The number of urea groups is 1. The van der Waals surface area contributed by atoms with Gasteiger partial charge in [0.05, 0.1) is 0 Å². The van der Waals surface area contributed by atoms with Crippen molar-refractivity contribution in [1.29, 1.82) is 0 Å². The van der Waals surface area contributed by atoms with E-state index in [2.05, 4.69) is 34.8 Å². The van der Waals surface area contributed by atoms with Gasteiger partial charge in [-0.15, -0.1) is 0 Å². The number of piperidine rings is 1. The van der Waals surface area contributed by atoms with Crippen molar-refractivity contribution in [3.05, 3.63) is 34.2 Å². The number of carbonyl (C=O) groups is 2. The molecular formula is C26H36IN5O3S. The number of amidine groups is 1. The minimum Gasteiger partial charge on any atom is -0.351 e. The van der Waals surface area contributed by atoms with E-state index in [1.807, 2.05) is 30.3 Å². The van der Waals surface area contributed by atoms with Crippen LogP contribution in [-0.2, 0) is 15.8 Å². The first-order valence-electron chi connectivity index (χ1n) is 12.6. The van der Waals surface area contributed by atoms with Gasteiger partial charge in [0.1, 0.15) is 22.4 Å². The van der Waals surface area contributed by atoms with Crippen LogP contribution >= 0.6 is 22.6 Å². The van der Waals surface area contributed by atoms with Crippen LogP contribution in [0.25, 0.3) is 3.58 Å². The molecule has 3 amide bonds. The fraction of sp³-hybridized carbons (Fsp3) is 0.577. The molecule has 8 nitrogen and oxygen atoms in total. The Morgan fingerprint density at radius 2 is 1.81 bits per heavy atom. The summed E-state index contributed by atoms with van der Waals surface area (Å²) in [5.41, 5.74) is 8.40. The van der Waals surface area contributed by atoms with Gasteiger partial charge in [-0.05, 0) is 96.9 Å². The van der Waals surface area contributed by atoms with Gasteiger partial charge in [0.2, 0.25) is 0 Å². The number of hydrogen-bond acceptors (Lipinski definition) is 4. The van der Waals surface area contributed by atoms with E-state index in [1.54, 1.807) is 12.5 Å². The van der Waals surface area contributed by atoms with Gasteiger partial charge in [-0.25, -0.2) is 13.3 Å². The van der Waals surface area contributed by atoms with E-state index in [9.17, 15) is 13.8 Å². The number of aryl methyl sites for hydroxylation is 2. The van der Waals surface area contributed by atoms with E-state index >= 15 is 0 Å². The van der Waals surface area contributed by atoms with Gasteiger partial charge in [0.25, 0.3) is 5.91 Å². The van der Waals surface area contributed by atoms with Crippen LogP contribution in [0.15, 0.2) is 22.5 Å². The Morgan fingerprint density at radius 3 is 2.36 bits per heavy atom. The maximum atomic E-state index is 13.2. The highest BCUT2D eigenvalue weighted by atomic mass is 127. The minimum absolute atomic E-state index is 0.0129. The number of aliphatic imine (C=N–C) groups is 1. The summed E-state index contributed by atoms with van der Waals surface area (Å²) >= 11 is 2.23. The summed E-state index contributed by atoms with van der Waals surface area (Å²) < 4.78 is 16.1. The quantitative estimate of drug-likeness (QED) is 0.474. The molecule has 2 aliphatic heterocycles. The first-order chi connectivity index (χ1) is 17.0. The van der Waals surface area contributed by atoms with Crippen molar-refractivity contribution in [2.45, 2.75) is 64.8 Å². The van der Waals surface area contributed by atoms with Gasteiger partial charge < -0.3 is 11.1 Å². The van der Waals surface area contributed by atoms with Crippen molar-refractivity contribution in [1.82, 2.24) is 9.62 Å². The molecule has 10 heteroatoms. The lowest BCUT2D eigenvalue weighted by atomic mass is 9.82. The van der Waals surface area contributed by atoms with E-state index < -0.39 is 22.6 Å². The topological polar surface area (TPSA) is 108 Å². The number of nitrogens with one attached hydrogen (secondary N) is 1. The fourth-order valence-electron chi connectivity index (χ4n) is 5.50.